The summed E-state index contributed by atoms with van der Waals surface area (Å²) in [5.41, 5.74) is 6.97. The predicted molar refractivity (Wildman–Crippen MR) is 57.8 cm³/mol. The van der Waals surface area contributed by atoms with Crippen molar-refractivity contribution in [3.63, 3.8) is 0 Å². The number of ether oxygens (including phenoxy) is 1. The second-order valence-corrected chi connectivity index (χ2v) is 4.36. The van der Waals surface area contributed by atoms with Crippen LogP contribution >= 0.6 is 0 Å². The largest absolute Gasteiger partial charge is 0.506 e. The van der Waals surface area contributed by atoms with Gasteiger partial charge in [0.15, 0.2) is 0 Å². The molecule has 78 valence electrons. The third-order valence-electron chi connectivity index (χ3n) is 2.16. The molecule has 0 saturated carbocycles. The number of phenolic OH excluding ortho intramolecular Hbond substituents is 1. The van der Waals surface area contributed by atoms with E-state index < -0.39 is 0 Å². The molecule has 1 aromatic rings. The number of methoxy groups -OCH3 is 1. The van der Waals surface area contributed by atoms with E-state index in [0.717, 1.165) is 5.56 Å². The number of hydrogen-bond donors (Lipinski definition) is 2. The molecule has 0 radical (unpaired) electrons. The molecule has 0 unspecified atom stereocenters. The van der Waals surface area contributed by atoms with Crippen molar-refractivity contribution in [2.45, 2.75) is 26.2 Å². The molecule has 0 aliphatic heterocycles. The topological polar surface area (TPSA) is 55.5 Å². The number of benzene rings is 1. The molecule has 0 aliphatic carbocycles. The average molecular weight is 195 g/mol. The van der Waals surface area contributed by atoms with Gasteiger partial charge in [0.1, 0.15) is 11.5 Å². The third-order valence-corrected chi connectivity index (χ3v) is 2.16. The third kappa shape index (κ3) is 1.92. The molecule has 0 amide bonds. The molecule has 3 nitrogen and oxygen atoms in total. The maximum atomic E-state index is 9.42. The van der Waals surface area contributed by atoms with Crippen molar-refractivity contribution in [1.82, 2.24) is 0 Å². The maximum absolute atomic E-state index is 9.42. The van der Waals surface area contributed by atoms with Gasteiger partial charge in [-0.05, 0) is 11.5 Å². The Bertz CT molecular complexity index is 340. The Hall–Kier alpha value is -1.38. The fraction of sp³-hybridized carbons (Fsp3) is 0.455. The Morgan fingerprint density at radius 1 is 1.29 bits per heavy atom. The zero-order chi connectivity index (χ0) is 10.9. The van der Waals surface area contributed by atoms with Crippen molar-refractivity contribution in [3.8, 4) is 11.5 Å². The fourth-order valence-corrected chi connectivity index (χ4v) is 1.34. The molecule has 3 heteroatoms. The van der Waals surface area contributed by atoms with Crippen LogP contribution in [0.3, 0.4) is 0 Å². The monoisotopic (exact) mass is 195 g/mol. The number of rotatable bonds is 1. The van der Waals surface area contributed by atoms with Crippen LogP contribution in [0.15, 0.2) is 12.1 Å². The van der Waals surface area contributed by atoms with Crippen molar-refractivity contribution in [2.24, 2.45) is 0 Å². The minimum Gasteiger partial charge on any atom is -0.506 e. The van der Waals surface area contributed by atoms with Gasteiger partial charge in [-0.15, -0.1) is 0 Å². The lowest BCUT2D eigenvalue weighted by Crippen LogP contribution is -2.13. The minimum atomic E-state index is -0.0484. The number of phenols is 1. The van der Waals surface area contributed by atoms with Crippen molar-refractivity contribution in [2.75, 3.05) is 12.8 Å². The first-order chi connectivity index (χ1) is 6.36. The summed E-state index contributed by atoms with van der Waals surface area (Å²) < 4.78 is 5.19. The van der Waals surface area contributed by atoms with Crippen LogP contribution in [-0.4, -0.2) is 12.2 Å². The molecule has 0 aromatic heterocycles. The van der Waals surface area contributed by atoms with E-state index in [9.17, 15) is 5.11 Å². The van der Waals surface area contributed by atoms with E-state index in [4.69, 9.17) is 10.5 Å². The molecule has 0 bridgehead atoms. The number of anilines is 1. The molecule has 0 saturated heterocycles. The standard InChI is InChI=1S/C11H17NO2/c1-11(2,3)7-5-8(12)9(13)6-10(7)14-4/h5-6,13H,12H2,1-4H3. The van der Waals surface area contributed by atoms with Gasteiger partial charge in [0.05, 0.1) is 12.8 Å². The molecule has 1 aromatic carbocycles. The second-order valence-electron chi connectivity index (χ2n) is 4.36. The Kier molecular flexibility index (Phi) is 2.60. The quantitative estimate of drug-likeness (QED) is 0.534. The molecular weight excluding hydrogens is 178 g/mol. The second kappa shape index (κ2) is 3.40. The first kappa shape index (κ1) is 10.7. The summed E-state index contributed by atoms with van der Waals surface area (Å²) >= 11 is 0. The van der Waals surface area contributed by atoms with Gasteiger partial charge in [-0.3, -0.25) is 0 Å². The summed E-state index contributed by atoms with van der Waals surface area (Å²) in [6, 6.07) is 3.31. The van der Waals surface area contributed by atoms with Crippen LogP contribution in [0.1, 0.15) is 26.3 Å². The van der Waals surface area contributed by atoms with Crippen LogP contribution < -0.4 is 10.5 Å². The molecule has 14 heavy (non-hydrogen) atoms. The molecule has 3 N–H and O–H groups in total. The average Bonchev–Trinajstić information content (AvgIpc) is 2.07. The van der Waals surface area contributed by atoms with E-state index >= 15 is 0 Å². The summed E-state index contributed by atoms with van der Waals surface area (Å²) in [6.07, 6.45) is 0. The van der Waals surface area contributed by atoms with Gasteiger partial charge in [0, 0.05) is 11.6 Å². The van der Waals surface area contributed by atoms with E-state index in [1.165, 1.54) is 0 Å². The summed E-state index contributed by atoms with van der Waals surface area (Å²) in [6.45, 7) is 6.21. The van der Waals surface area contributed by atoms with Gasteiger partial charge >= 0.3 is 0 Å². The molecule has 0 spiro atoms. The van der Waals surface area contributed by atoms with Crippen LogP contribution in [0.4, 0.5) is 5.69 Å². The maximum Gasteiger partial charge on any atom is 0.142 e. The predicted octanol–water partition coefficient (Wildman–Crippen LogP) is 2.28. The Morgan fingerprint density at radius 2 is 1.86 bits per heavy atom. The number of nitrogens with two attached hydrogens (primary N) is 1. The molecule has 0 heterocycles. The van der Waals surface area contributed by atoms with Crippen LogP contribution in [0.25, 0.3) is 0 Å². The molecule has 0 aliphatic rings. The van der Waals surface area contributed by atoms with Gasteiger partial charge in [0.2, 0.25) is 0 Å². The summed E-state index contributed by atoms with van der Waals surface area (Å²) in [4.78, 5) is 0. The van der Waals surface area contributed by atoms with Gasteiger partial charge in [0.25, 0.3) is 0 Å². The normalized spacial score (nSPS) is 11.4. The van der Waals surface area contributed by atoms with Gasteiger partial charge in [-0.1, -0.05) is 20.8 Å². The van der Waals surface area contributed by atoms with Gasteiger partial charge in [-0.2, -0.15) is 0 Å². The fourth-order valence-electron chi connectivity index (χ4n) is 1.34. The summed E-state index contributed by atoms with van der Waals surface area (Å²) in [5.74, 6) is 0.735. The van der Waals surface area contributed by atoms with Gasteiger partial charge in [-0.25, -0.2) is 0 Å². The Labute approximate surface area is 84.5 Å². The highest BCUT2D eigenvalue weighted by molar-refractivity contribution is 5.59. The highest BCUT2D eigenvalue weighted by atomic mass is 16.5. The van der Waals surface area contributed by atoms with E-state index in [1.54, 1.807) is 19.2 Å². The van der Waals surface area contributed by atoms with Crippen molar-refractivity contribution < 1.29 is 9.84 Å². The Morgan fingerprint density at radius 3 is 2.29 bits per heavy atom. The van der Waals surface area contributed by atoms with Crippen molar-refractivity contribution in [1.29, 1.82) is 0 Å². The van der Waals surface area contributed by atoms with Crippen LogP contribution in [0.5, 0.6) is 11.5 Å². The van der Waals surface area contributed by atoms with Gasteiger partial charge < -0.3 is 15.6 Å². The van der Waals surface area contributed by atoms with Crippen LogP contribution in [0.2, 0.25) is 0 Å². The van der Waals surface area contributed by atoms with Crippen LogP contribution in [0, 0.1) is 0 Å². The summed E-state index contributed by atoms with van der Waals surface area (Å²) in [7, 11) is 1.58. The minimum absolute atomic E-state index is 0.0484. The van der Waals surface area contributed by atoms with Crippen molar-refractivity contribution in [3.05, 3.63) is 17.7 Å². The molecule has 0 fully saturated rings. The zero-order valence-electron chi connectivity index (χ0n) is 9.09. The van der Waals surface area contributed by atoms with E-state index in [2.05, 4.69) is 20.8 Å². The zero-order valence-corrected chi connectivity index (χ0v) is 9.09. The lowest BCUT2D eigenvalue weighted by atomic mass is 9.86. The summed E-state index contributed by atoms with van der Waals surface area (Å²) in [5, 5.41) is 9.42. The lowest BCUT2D eigenvalue weighted by Gasteiger charge is -2.22. The number of hydrogen-bond acceptors (Lipinski definition) is 3. The van der Waals surface area contributed by atoms with E-state index in [1.807, 2.05) is 0 Å². The molecule has 0 atom stereocenters. The molecule has 1 rings (SSSR count). The smallest absolute Gasteiger partial charge is 0.142 e. The van der Waals surface area contributed by atoms with E-state index in [-0.39, 0.29) is 11.2 Å². The number of aromatic hydroxyl groups is 1. The van der Waals surface area contributed by atoms with Crippen LogP contribution in [-0.2, 0) is 5.41 Å². The first-order valence-corrected chi connectivity index (χ1v) is 4.53. The first-order valence-electron chi connectivity index (χ1n) is 4.53. The van der Waals surface area contributed by atoms with E-state index in [0.29, 0.717) is 11.4 Å². The highest BCUT2D eigenvalue weighted by Gasteiger charge is 2.20. The highest BCUT2D eigenvalue weighted by Crippen LogP contribution is 2.37. The molecular formula is C11H17NO2. The Balaban J connectivity index is 3.35. The lowest BCUT2D eigenvalue weighted by molar-refractivity contribution is 0.392. The number of nitrogen functional groups attached to an aromatic ring is 1. The van der Waals surface area contributed by atoms with Crippen molar-refractivity contribution >= 4 is 5.69 Å². The SMILES string of the molecule is COc1cc(O)c(N)cc1C(C)(C)C.